The predicted octanol–water partition coefficient (Wildman–Crippen LogP) is 0.472. The minimum atomic E-state index is -0.525. The van der Waals surface area contributed by atoms with Crippen molar-refractivity contribution in [3.63, 3.8) is 0 Å². The first kappa shape index (κ1) is 14.8. The summed E-state index contributed by atoms with van der Waals surface area (Å²) >= 11 is 0. The highest BCUT2D eigenvalue weighted by molar-refractivity contribution is 5.76. The van der Waals surface area contributed by atoms with Crippen molar-refractivity contribution in [2.24, 2.45) is 0 Å². The van der Waals surface area contributed by atoms with E-state index in [1.807, 2.05) is 11.8 Å². The van der Waals surface area contributed by atoms with Crippen LogP contribution in [0, 0.1) is 0 Å². The maximum Gasteiger partial charge on any atom is 0.224 e. The maximum atomic E-state index is 12.0. The second-order valence-electron chi connectivity index (χ2n) is 5.94. The Kier molecular flexibility index (Phi) is 5.19. The van der Waals surface area contributed by atoms with Crippen molar-refractivity contribution in [3.8, 4) is 0 Å². The van der Waals surface area contributed by atoms with Crippen LogP contribution in [0.4, 0.5) is 0 Å². The van der Waals surface area contributed by atoms with E-state index in [2.05, 4.69) is 4.90 Å². The van der Waals surface area contributed by atoms with Gasteiger partial charge in [-0.05, 0) is 32.7 Å². The number of rotatable bonds is 3. The molecule has 1 unspecified atom stereocenters. The van der Waals surface area contributed by atoms with E-state index in [1.54, 1.807) is 0 Å². The summed E-state index contributed by atoms with van der Waals surface area (Å²) in [5, 5.41) is 10.0. The normalized spacial score (nSPS) is 30.1. The molecule has 2 heterocycles. The van der Waals surface area contributed by atoms with Crippen LogP contribution in [0.2, 0.25) is 0 Å². The molecular formula is C14H26N2O3. The van der Waals surface area contributed by atoms with E-state index in [1.165, 1.54) is 0 Å². The van der Waals surface area contributed by atoms with Crippen molar-refractivity contribution in [2.45, 2.75) is 38.2 Å². The van der Waals surface area contributed by atoms with Gasteiger partial charge in [0, 0.05) is 32.6 Å². The van der Waals surface area contributed by atoms with E-state index in [0.29, 0.717) is 19.6 Å². The van der Waals surface area contributed by atoms with Gasteiger partial charge < -0.3 is 19.6 Å². The SMILES string of the molecule is CC1(O)CCCN(CCC(=O)N2CCOCC2)CC1. The molecule has 19 heavy (non-hydrogen) atoms. The molecule has 1 atom stereocenters. The molecule has 0 aromatic carbocycles. The molecule has 2 fully saturated rings. The average Bonchev–Trinajstić information content (AvgIpc) is 2.58. The van der Waals surface area contributed by atoms with Crippen LogP contribution in [-0.2, 0) is 9.53 Å². The number of amides is 1. The number of ether oxygens (including phenoxy) is 1. The smallest absolute Gasteiger partial charge is 0.224 e. The Bertz CT molecular complexity index is 301. The molecular weight excluding hydrogens is 244 g/mol. The molecule has 2 saturated heterocycles. The molecule has 0 aromatic heterocycles. The fraction of sp³-hybridized carbons (Fsp3) is 0.929. The van der Waals surface area contributed by atoms with Gasteiger partial charge in [-0.2, -0.15) is 0 Å². The molecule has 1 amide bonds. The summed E-state index contributed by atoms with van der Waals surface area (Å²) < 4.78 is 5.25. The van der Waals surface area contributed by atoms with Crippen molar-refractivity contribution < 1.29 is 14.6 Å². The zero-order valence-corrected chi connectivity index (χ0v) is 11.9. The van der Waals surface area contributed by atoms with Gasteiger partial charge in [-0.3, -0.25) is 4.79 Å². The Morgan fingerprint density at radius 3 is 2.68 bits per heavy atom. The summed E-state index contributed by atoms with van der Waals surface area (Å²) in [5.74, 6) is 0.235. The van der Waals surface area contributed by atoms with Crippen LogP contribution in [0.25, 0.3) is 0 Å². The highest BCUT2D eigenvalue weighted by atomic mass is 16.5. The molecule has 0 saturated carbocycles. The van der Waals surface area contributed by atoms with Gasteiger partial charge in [0.2, 0.25) is 5.91 Å². The number of morpholine rings is 1. The number of carbonyl (C=O) groups is 1. The minimum absolute atomic E-state index is 0.235. The Morgan fingerprint density at radius 2 is 1.95 bits per heavy atom. The van der Waals surface area contributed by atoms with Gasteiger partial charge in [0.15, 0.2) is 0 Å². The van der Waals surface area contributed by atoms with Crippen LogP contribution in [0.1, 0.15) is 32.6 Å². The third-order valence-corrected chi connectivity index (χ3v) is 4.16. The number of nitrogens with zero attached hydrogens (tertiary/aromatic N) is 2. The Morgan fingerprint density at radius 1 is 1.21 bits per heavy atom. The van der Waals surface area contributed by atoms with Crippen LogP contribution in [0.5, 0.6) is 0 Å². The maximum absolute atomic E-state index is 12.0. The topological polar surface area (TPSA) is 53.0 Å². The predicted molar refractivity (Wildman–Crippen MR) is 72.9 cm³/mol. The highest BCUT2D eigenvalue weighted by Gasteiger charge is 2.25. The van der Waals surface area contributed by atoms with Gasteiger partial charge in [0.25, 0.3) is 0 Å². The molecule has 0 aromatic rings. The van der Waals surface area contributed by atoms with Crippen LogP contribution >= 0.6 is 0 Å². The van der Waals surface area contributed by atoms with Crippen molar-refractivity contribution in [3.05, 3.63) is 0 Å². The Labute approximate surface area is 115 Å². The Balaban J connectivity index is 1.71. The molecule has 5 heteroatoms. The molecule has 2 rings (SSSR count). The minimum Gasteiger partial charge on any atom is -0.390 e. The van der Waals surface area contributed by atoms with Gasteiger partial charge in [-0.25, -0.2) is 0 Å². The molecule has 2 aliphatic heterocycles. The second-order valence-corrected chi connectivity index (χ2v) is 5.94. The van der Waals surface area contributed by atoms with E-state index in [0.717, 1.165) is 52.0 Å². The lowest BCUT2D eigenvalue weighted by Gasteiger charge is -2.28. The van der Waals surface area contributed by atoms with Gasteiger partial charge in [0.05, 0.1) is 18.8 Å². The van der Waals surface area contributed by atoms with Crippen LogP contribution in [0.15, 0.2) is 0 Å². The fourth-order valence-corrected chi connectivity index (χ4v) is 2.77. The van der Waals surface area contributed by atoms with E-state index < -0.39 is 5.60 Å². The number of carbonyl (C=O) groups excluding carboxylic acids is 1. The van der Waals surface area contributed by atoms with Crippen molar-refractivity contribution in [1.29, 1.82) is 0 Å². The monoisotopic (exact) mass is 270 g/mol. The van der Waals surface area contributed by atoms with Crippen molar-refractivity contribution in [1.82, 2.24) is 9.80 Å². The lowest BCUT2D eigenvalue weighted by atomic mass is 9.98. The molecule has 110 valence electrons. The average molecular weight is 270 g/mol. The number of aliphatic hydroxyl groups is 1. The summed E-state index contributed by atoms with van der Waals surface area (Å²) in [6.07, 6.45) is 3.26. The standard InChI is InChI=1S/C14H26N2O3/c1-14(18)4-2-6-15(8-5-14)7-3-13(17)16-9-11-19-12-10-16/h18H,2-12H2,1H3. The first-order valence-corrected chi connectivity index (χ1v) is 7.37. The number of hydrogen-bond acceptors (Lipinski definition) is 4. The molecule has 1 N–H and O–H groups in total. The van der Waals surface area contributed by atoms with E-state index >= 15 is 0 Å². The zero-order valence-electron chi connectivity index (χ0n) is 11.9. The number of likely N-dealkylation sites (tertiary alicyclic amines) is 1. The lowest BCUT2D eigenvalue weighted by Crippen LogP contribution is -2.42. The third kappa shape index (κ3) is 4.75. The second kappa shape index (κ2) is 6.68. The lowest BCUT2D eigenvalue weighted by molar-refractivity contribution is -0.135. The van der Waals surface area contributed by atoms with Gasteiger partial charge in [-0.15, -0.1) is 0 Å². The summed E-state index contributed by atoms with van der Waals surface area (Å²) in [5.41, 5.74) is -0.525. The van der Waals surface area contributed by atoms with Crippen molar-refractivity contribution in [2.75, 3.05) is 45.9 Å². The fourth-order valence-electron chi connectivity index (χ4n) is 2.77. The van der Waals surface area contributed by atoms with Gasteiger partial charge >= 0.3 is 0 Å². The van der Waals surface area contributed by atoms with Crippen molar-refractivity contribution >= 4 is 5.91 Å². The van der Waals surface area contributed by atoms with E-state index in [4.69, 9.17) is 4.74 Å². The summed E-state index contributed by atoms with van der Waals surface area (Å²) in [7, 11) is 0. The molecule has 0 bridgehead atoms. The van der Waals surface area contributed by atoms with Crippen LogP contribution in [0.3, 0.4) is 0 Å². The molecule has 0 radical (unpaired) electrons. The summed E-state index contributed by atoms with van der Waals surface area (Å²) in [4.78, 5) is 16.3. The summed E-state index contributed by atoms with van der Waals surface area (Å²) in [6, 6.07) is 0. The quantitative estimate of drug-likeness (QED) is 0.810. The number of hydrogen-bond donors (Lipinski definition) is 1. The molecule has 0 spiro atoms. The highest BCUT2D eigenvalue weighted by Crippen LogP contribution is 2.21. The molecule has 2 aliphatic rings. The molecule has 0 aliphatic carbocycles. The van der Waals surface area contributed by atoms with E-state index in [9.17, 15) is 9.90 Å². The first-order chi connectivity index (χ1) is 9.07. The van der Waals surface area contributed by atoms with Crippen LogP contribution in [-0.4, -0.2) is 72.4 Å². The Hall–Kier alpha value is -0.650. The third-order valence-electron chi connectivity index (χ3n) is 4.16. The van der Waals surface area contributed by atoms with Crippen LogP contribution < -0.4 is 0 Å². The van der Waals surface area contributed by atoms with Gasteiger partial charge in [-0.1, -0.05) is 0 Å². The largest absolute Gasteiger partial charge is 0.390 e. The van der Waals surface area contributed by atoms with E-state index in [-0.39, 0.29) is 5.91 Å². The van der Waals surface area contributed by atoms with Gasteiger partial charge in [0.1, 0.15) is 0 Å². The zero-order chi connectivity index (χ0) is 13.7. The first-order valence-electron chi connectivity index (χ1n) is 7.37. The summed E-state index contributed by atoms with van der Waals surface area (Å²) in [6.45, 7) is 7.40. The molecule has 5 nitrogen and oxygen atoms in total.